The van der Waals surface area contributed by atoms with Crippen molar-refractivity contribution in [2.75, 3.05) is 0 Å². The van der Waals surface area contributed by atoms with Crippen LogP contribution in [0.2, 0.25) is 10.0 Å². The Hall–Kier alpha value is -3.41. The molecule has 1 heterocycles. The first kappa shape index (κ1) is 22.4. The second kappa shape index (κ2) is 9.45. The molecule has 0 spiro atoms. The molecule has 1 unspecified atom stereocenters. The molecule has 7 heteroatoms. The van der Waals surface area contributed by atoms with Crippen LogP contribution in [0.25, 0.3) is 11.0 Å². The summed E-state index contributed by atoms with van der Waals surface area (Å²) in [5.41, 5.74) is 2.51. The quantitative estimate of drug-likeness (QED) is 0.240. The summed E-state index contributed by atoms with van der Waals surface area (Å²) in [6.07, 6.45) is -0.825. The van der Waals surface area contributed by atoms with Crippen LogP contribution in [0, 0.1) is 11.6 Å². The number of benzene rings is 4. The molecular weight excluding hydrogens is 477 g/mol. The highest BCUT2D eigenvalue weighted by molar-refractivity contribution is 6.32. The number of aromatic nitrogens is 2. The Morgan fingerprint density at radius 3 is 2.18 bits per heavy atom. The Morgan fingerprint density at radius 1 is 0.765 bits per heavy atom. The summed E-state index contributed by atoms with van der Waals surface area (Å²) >= 11 is 12.6. The van der Waals surface area contributed by atoms with Crippen molar-refractivity contribution in [2.45, 2.75) is 12.6 Å². The van der Waals surface area contributed by atoms with Gasteiger partial charge in [0.05, 0.1) is 22.6 Å². The van der Waals surface area contributed by atoms with Crippen LogP contribution in [-0.4, -0.2) is 9.55 Å². The van der Waals surface area contributed by atoms with Gasteiger partial charge in [0, 0.05) is 16.1 Å². The third-order valence-electron chi connectivity index (χ3n) is 5.55. The lowest BCUT2D eigenvalue weighted by atomic mass is 10.1. The smallest absolute Gasteiger partial charge is 0.181 e. The van der Waals surface area contributed by atoms with E-state index in [2.05, 4.69) is 0 Å². The molecule has 1 aromatic heterocycles. The van der Waals surface area contributed by atoms with Gasteiger partial charge in [-0.3, -0.25) is 0 Å². The predicted molar refractivity (Wildman–Crippen MR) is 131 cm³/mol. The fraction of sp³-hybridized carbons (Fsp3) is 0.0741. The molecule has 34 heavy (non-hydrogen) atoms. The molecule has 0 saturated heterocycles. The van der Waals surface area contributed by atoms with Gasteiger partial charge in [-0.2, -0.15) is 0 Å². The summed E-state index contributed by atoms with van der Waals surface area (Å²) in [6.45, 7) is 0.110. The molecule has 0 aliphatic rings. The van der Waals surface area contributed by atoms with Crippen molar-refractivity contribution in [1.82, 2.24) is 9.55 Å². The van der Waals surface area contributed by atoms with E-state index in [1.165, 1.54) is 18.2 Å². The molecule has 170 valence electrons. The van der Waals surface area contributed by atoms with E-state index >= 15 is 0 Å². The molecule has 0 amide bonds. The van der Waals surface area contributed by atoms with Crippen molar-refractivity contribution in [3.63, 3.8) is 0 Å². The van der Waals surface area contributed by atoms with Crippen LogP contribution < -0.4 is 4.74 Å². The molecule has 0 aliphatic carbocycles. The van der Waals surface area contributed by atoms with Crippen molar-refractivity contribution in [3.8, 4) is 5.75 Å². The molecule has 3 nitrogen and oxygen atoms in total. The van der Waals surface area contributed by atoms with Gasteiger partial charge in [-0.05, 0) is 36.4 Å². The predicted octanol–water partition coefficient (Wildman–Crippen LogP) is 7.84. The zero-order valence-electron chi connectivity index (χ0n) is 17.8. The molecular formula is C27H18Cl2F2N2O. The average Bonchev–Trinajstić information content (AvgIpc) is 3.20. The number of nitrogens with zero attached hydrogens (tertiary/aromatic N) is 2. The lowest BCUT2D eigenvalue weighted by Gasteiger charge is -2.22. The van der Waals surface area contributed by atoms with Gasteiger partial charge in [0.15, 0.2) is 23.5 Å². The fourth-order valence-corrected chi connectivity index (χ4v) is 4.34. The van der Waals surface area contributed by atoms with Crippen LogP contribution in [-0.2, 0) is 6.54 Å². The van der Waals surface area contributed by atoms with Crippen LogP contribution in [0.15, 0.2) is 91.0 Å². The Labute approximate surface area is 205 Å². The molecule has 4 aromatic carbocycles. The van der Waals surface area contributed by atoms with Gasteiger partial charge in [0.25, 0.3) is 0 Å². The van der Waals surface area contributed by atoms with Crippen LogP contribution in [0.3, 0.4) is 0 Å². The lowest BCUT2D eigenvalue weighted by molar-refractivity contribution is 0.222. The third-order valence-corrected chi connectivity index (χ3v) is 6.21. The zero-order valence-corrected chi connectivity index (χ0v) is 19.3. The molecule has 5 aromatic rings. The molecule has 0 fully saturated rings. The van der Waals surface area contributed by atoms with Gasteiger partial charge in [-0.1, -0.05) is 77.8 Å². The van der Waals surface area contributed by atoms with E-state index in [1.54, 1.807) is 18.2 Å². The third kappa shape index (κ3) is 4.25. The average molecular weight is 495 g/mol. The topological polar surface area (TPSA) is 27.1 Å². The summed E-state index contributed by atoms with van der Waals surface area (Å²) in [5, 5.41) is 0.443. The first-order valence-corrected chi connectivity index (χ1v) is 11.3. The van der Waals surface area contributed by atoms with Gasteiger partial charge in [0.2, 0.25) is 0 Å². The number of hydrogen-bond acceptors (Lipinski definition) is 2. The first-order valence-electron chi connectivity index (χ1n) is 10.6. The molecule has 0 saturated carbocycles. The highest BCUT2D eigenvalue weighted by Gasteiger charge is 2.27. The number of hydrogen-bond donors (Lipinski definition) is 0. The van der Waals surface area contributed by atoms with E-state index < -0.39 is 17.7 Å². The van der Waals surface area contributed by atoms with E-state index in [0.717, 1.165) is 11.1 Å². The Kier molecular flexibility index (Phi) is 6.22. The van der Waals surface area contributed by atoms with Crippen molar-refractivity contribution < 1.29 is 13.5 Å². The molecule has 0 aliphatic heterocycles. The molecule has 1 atom stereocenters. The second-order valence-corrected chi connectivity index (χ2v) is 8.52. The van der Waals surface area contributed by atoms with Crippen LogP contribution in [0.4, 0.5) is 8.78 Å². The summed E-state index contributed by atoms with van der Waals surface area (Å²) in [5.74, 6) is -0.634. The second-order valence-electron chi connectivity index (χ2n) is 7.70. The Bertz CT molecular complexity index is 1430. The fourth-order valence-electron chi connectivity index (χ4n) is 3.91. The minimum atomic E-state index is -0.825. The number of rotatable bonds is 6. The Morgan fingerprint density at radius 2 is 1.44 bits per heavy atom. The van der Waals surface area contributed by atoms with Crippen molar-refractivity contribution >= 4 is 34.2 Å². The minimum Gasteiger partial charge on any atom is -0.473 e. The van der Waals surface area contributed by atoms with Gasteiger partial charge in [-0.25, -0.2) is 13.8 Å². The van der Waals surface area contributed by atoms with E-state index in [9.17, 15) is 8.78 Å². The van der Waals surface area contributed by atoms with E-state index in [1.807, 2.05) is 59.2 Å². The largest absolute Gasteiger partial charge is 0.473 e. The Balaban J connectivity index is 1.71. The van der Waals surface area contributed by atoms with E-state index in [4.69, 9.17) is 32.9 Å². The first-order chi connectivity index (χ1) is 16.5. The van der Waals surface area contributed by atoms with Crippen molar-refractivity contribution in [2.24, 2.45) is 0 Å². The van der Waals surface area contributed by atoms with E-state index in [0.29, 0.717) is 21.9 Å². The number of para-hydroxylation sites is 3. The SMILES string of the molecule is Fc1cccc(Cl)c1Cn1c(C(Oc2c(F)cccc2Cl)c2ccccc2)nc2ccccc21. The standard InChI is InChI=1S/C27H18Cl2F2N2O/c28-19-10-6-12-21(30)18(19)16-33-24-15-5-4-14-23(24)32-27(33)25(17-8-2-1-3-9-17)34-26-20(29)11-7-13-22(26)31/h1-15,25H,16H2. The number of ether oxygens (including phenoxy) is 1. The van der Waals surface area contributed by atoms with Gasteiger partial charge < -0.3 is 9.30 Å². The minimum absolute atomic E-state index is 0.0828. The maximum atomic E-state index is 14.7. The molecule has 0 N–H and O–H groups in total. The number of imidazole rings is 1. The number of fused-ring (bicyclic) bond motifs is 1. The van der Waals surface area contributed by atoms with E-state index in [-0.39, 0.29) is 17.3 Å². The van der Waals surface area contributed by atoms with Gasteiger partial charge in [-0.15, -0.1) is 0 Å². The summed E-state index contributed by atoms with van der Waals surface area (Å²) in [6, 6.07) is 25.7. The van der Waals surface area contributed by atoms with Crippen molar-refractivity contribution in [3.05, 3.63) is 130 Å². The molecule has 0 bridgehead atoms. The summed E-state index contributed by atoms with van der Waals surface area (Å²) in [4.78, 5) is 4.81. The zero-order chi connectivity index (χ0) is 23.7. The lowest BCUT2D eigenvalue weighted by Crippen LogP contribution is -2.18. The highest BCUT2D eigenvalue weighted by Crippen LogP contribution is 2.36. The number of halogens is 4. The van der Waals surface area contributed by atoms with Gasteiger partial charge in [0.1, 0.15) is 5.82 Å². The van der Waals surface area contributed by atoms with Crippen LogP contribution in [0.5, 0.6) is 5.75 Å². The highest BCUT2D eigenvalue weighted by atomic mass is 35.5. The van der Waals surface area contributed by atoms with Crippen LogP contribution >= 0.6 is 23.2 Å². The van der Waals surface area contributed by atoms with Gasteiger partial charge >= 0.3 is 0 Å². The normalized spacial score (nSPS) is 12.1. The maximum Gasteiger partial charge on any atom is 0.181 e. The summed E-state index contributed by atoms with van der Waals surface area (Å²) < 4.78 is 37.5. The van der Waals surface area contributed by atoms with Crippen LogP contribution in [0.1, 0.15) is 23.1 Å². The molecule has 0 radical (unpaired) electrons. The maximum absolute atomic E-state index is 14.7. The monoisotopic (exact) mass is 494 g/mol. The summed E-state index contributed by atoms with van der Waals surface area (Å²) in [7, 11) is 0. The molecule has 5 rings (SSSR count). The van der Waals surface area contributed by atoms with Crippen molar-refractivity contribution in [1.29, 1.82) is 0 Å².